The van der Waals surface area contributed by atoms with Crippen molar-refractivity contribution >= 4 is 36.6 Å². The number of benzene rings is 1. The van der Waals surface area contributed by atoms with Gasteiger partial charge in [-0.25, -0.2) is 0 Å². The highest BCUT2D eigenvalue weighted by atomic mass is 32.1. The summed E-state index contributed by atoms with van der Waals surface area (Å²) in [5.41, 5.74) is 2.26. The maximum Gasteiger partial charge on any atom is 0.0361 e. The van der Waals surface area contributed by atoms with Crippen molar-refractivity contribution in [2.24, 2.45) is 0 Å². The lowest BCUT2D eigenvalue weighted by Gasteiger charge is -2.08. The zero-order valence-electron chi connectivity index (χ0n) is 8.03. The molecule has 14 heavy (non-hydrogen) atoms. The molecule has 0 aliphatic heterocycles. The molecule has 78 valence electrons. The molecule has 0 aliphatic carbocycles. The van der Waals surface area contributed by atoms with Gasteiger partial charge in [0.05, 0.1) is 0 Å². The van der Waals surface area contributed by atoms with E-state index in [-0.39, 0.29) is 0 Å². The molecule has 0 bridgehead atoms. The number of rotatable bonds is 6. The Bertz CT molecular complexity index is 243. The third kappa shape index (κ3) is 4.15. The predicted octanol–water partition coefficient (Wildman–Crippen LogP) is 2.37. The Morgan fingerprint density at radius 2 is 1.43 bits per heavy atom. The first-order valence-electron chi connectivity index (χ1n) is 4.66. The molecule has 0 fully saturated rings. The van der Waals surface area contributed by atoms with E-state index >= 15 is 0 Å². The van der Waals surface area contributed by atoms with Crippen LogP contribution in [0.3, 0.4) is 0 Å². The molecule has 0 saturated heterocycles. The van der Waals surface area contributed by atoms with Gasteiger partial charge in [-0.3, -0.25) is 0 Å². The SMILES string of the molecule is SCCNc1cccc(NCCS)c1. The van der Waals surface area contributed by atoms with E-state index < -0.39 is 0 Å². The summed E-state index contributed by atoms with van der Waals surface area (Å²) < 4.78 is 0. The van der Waals surface area contributed by atoms with Crippen LogP contribution in [0.5, 0.6) is 0 Å². The van der Waals surface area contributed by atoms with Crippen molar-refractivity contribution in [1.29, 1.82) is 0 Å². The molecule has 1 aromatic rings. The smallest absolute Gasteiger partial charge is 0.0361 e. The molecule has 2 nitrogen and oxygen atoms in total. The van der Waals surface area contributed by atoms with Gasteiger partial charge in [-0.2, -0.15) is 25.3 Å². The van der Waals surface area contributed by atoms with Gasteiger partial charge in [-0.15, -0.1) is 0 Å². The van der Waals surface area contributed by atoms with Crippen LogP contribution < -0.4 is 10.6 Å². The minimum Gasteiger partial charge on any atom is -0.384 e. The Hall–Kier alpha value is -0.480. The van der Waals surface area contributed by atoms with Crippen LogP contribution in [0.1, 0.15) is 0 Å². The highest BCUT2D eigenvalue weighted by molar-refractivity contribution is 7.80. The van der Waals surface area contributed by atoms with Gasteiger partial charge in [-0.1, -0.05) is 6.07 Å². The molecule has 4 heteroatoms. The van der Waals surface area contributed by atoms with Crippen molar-refractivity contribution in [1.82, 2.24) is 0 Å². The molecule has 0 amide bonds. The van der Waals surface area contributed by atoms with Crippen molar-refractivity contribution in [2.75, 3.05) is 35.2 Å². The molecule has 0 atom stereocenters. The maximum atomic E-state index is 4.14. The molecule has 0 unspecified atom stereocenters. The standard InChI is InChI=1S/C10H16N2S2/c13-6-4-11-9-2-1-3-10(8-9)12-5-7-14/h1-3,8,11-14H,4-7H2. The fraction of sp³-hybridized carbons (Fsp3) is 0.400. The first kappa shape index (κ1) is 11.6. The zero-order chi connectivity index (χ0) is 10.2. The van der Waals surface area contributed by atoms with Crippen LogP contribution in [0.4, 0.5) is 11.4 Å². The van der Waals surface area contributed by atoms with Crippen molar-refractivity contribution in [3.8, 4) is 0 Å². The molecule has 2 N–H and O–H groups in total. The second kappa shape index (κ2) is 6.90. The average Bonchev–Trinajstić information content (AvgIpc) is 2.24. The van der Waals surface area contributed by atoms with Crippen LogP contribution in [-0.4, -0.2) is 24.6 Å². The minimum atomic E-state index is 0.842. The van der Waals surface area contributed by atoms with Crippen molar-refractivity contribution in [2.45, 2.75) is 0 Å². The first-order valence-corrected chi connectivity index (χ1v) is 5.93. The fourth-order valence-electron chi connectivity index (χ4n) is 1.14. The number of anilines is 2. The largest absolute Gasteiger partial charge is 0.384 e. The van der Waals surface area contributed by atoms with Crippen LogP contribution in [0.25, 0.3) is 0 Å². The van der Waals surface area contributed by atoms with Crippen LogP contribution in [0, 0.1) is 0 Å². The first-order chi connectivity index (χ1) is 6.86. The van der Waals surface area contributed by atoms with Crippen molar-refractivity contribution < 1.29 is 0 Å². The zero-order valence-corrected chi connectivity index (χ0v) is 9.82. The third-order valence-electron chi connectivity index (χ3n) is 1.74. The average molecular weight is 228 g/mol. The van der Waals surface area contributed by atoms with E-state index in [9.17, 15) is 0 Å². The van der Waals surface area contributed by atoms with E-state index in [1.807, 2.05) is 6.07 Å². The topological polar surface area (TPSA) is 24.1 Å². The van der Waals surface area contributed by atoms with Gasteiger partial charge < -0.3 is 10.6 Å². The number of hydrogen-bond acceptors (Lipinski definition) is 4. The lowest BCUT2D eigenvalue weighted by atomic mass is 10.2. The maximum absolute atomic E-state index is 4.14. The molecule has 0 aromatic heterocycles. The lowest BCUT2D eigenvalue weighted by Crippen LogP contribution is -2.05. The molecule has 0 heterocycles. The molecular weight excluding hydrogens is 212 g/mol. The molecule has 0 aliphatic rings. The van der Waals surface area contributed by atoms with Gasteiger partial charge in [0.15, 0.2) is 0 Å². The van der Waals surface area contributed by atoms with E-state index in [2.05, 4.69) is 54.1 Å². The molecule has 1 aromatic carbocycles. The van der Waals surface area contributed by atoms with Crippen LogP contribution in [0.2, 0.25) is 0 Å². The summed E-state index contributed by atoms with van der Waals surface area (Å²) >= 11 is 8.29. The molecule has 0 radical (unpaired) electrons. The van der Waals surface area contributed by atoms with Gasteiger partial charge in [0.25, 0.3) is 0 Å². The van der Waals surface area contributed by atoms with Crippen molar-refractivity contribution in [3.05, 3.63) is 24.3 Å². The lowest BCUT2D eigenvalue weighted by molar-refractivity contribution is 1.21. The molecule has 0 spiro atoms. The van der Waals surface area contributed by atoms with E-state index in [1.54, 1.807) is 0 Å². The summed E-state index contributed by atoms with van der Waals surface area (Å²) in [4.78, 5) is 0. The Labute approximate surface area is 96.3 Å². The normalized spacial score (nSPS) is 9.86. The van der Waals surface area contributed by atoms with E-state index in [0.717, 1.165) is 36.0 Å². The summed E-state index contributed by atoms with van der Waals surface area (Å²) in [5.74, 6) is 1.68. The third-order valence-corrected chi connectivity index (χ3v) is 2.19. The number of thiol groups is 2. The summed E-state index contributed by atoms with van der Waals surface area (Å²) in [6, 6.07) is 8.22. The van der Waals surface area contributed by atoms with Crippen LogP contribution >= 0.6 is 25.3 Å². The Morgan fingerprint density at radius 3 is 1.86 bits per heavy atom. The van der Waals surface area contributed by atoms with Gasteiger partial charge in [0, 0.05) is 36.0 Å². The van der Waals surface area contributed by atoms with Gasteiger partial charge in [0.2, 0.25) is 0 Å². The quantitative estimate of drug-likeness (QED) is 0.562. The van der Waals surface area contributed by atoms with Crippen molar-refractivity contribution in [3.63, 3.8) is 0 Å². The monoisotopic (exact) mass is 228 g/mol. The minimum absolute atomic E-state index is 0.842. The van der Waals surface area contributed by atoms with Gasteiger partial charge in [0.1, 0.15) is 0 Å². The summed E-state index contributed by atoms with van der Waals surface area (Å²) in [7, 11) is 0. The van der Waals surface area contributed by atoms with E-state index in [4.69, 9.17) is 0 Å². The Balaban J connectivity index is 2.50. The second-order valence-electron chi connectivity index (χ2n) is 2.88. The predicted molar refractivity (Wildman–Crippen MR) is 71.1 cm³/mol. The van der Waals surface area contributed by atoms with Gasteiger partial charge in [-0.05, 0) is 18.2 Å². The van der Waals surface area contributed by atoms with Crippen LogP contribution in [0.15, 0.2) is 24.3 Å². The van der Waals surface area contributed by atoms with Gasteiger partial charge >= 0.3 is 0 Å². The number of nitrogens with one attached hydrogen (secondary N) is 2. The summed E-state index contributed by atoms with van der Waals surface area (Å²) in [6.07, 6.45) is 0. The highest BCUT2D eigenvalue weighted by Gasteiger charge is 1.93. The summed E-state index contributed by atoms with van der Waals surface area (Å²) in [5, 5.41) is 6.55. The molecule has 0 saturated carbocycles. The molecular formula is C10H16N2S2. The highest BCUT2D eigenvalue weighted by Crippen LogP contribution is 2.14. The Morgan fingerprint density at radius 1 is 0.929 bits per heavy atom. The number of hydrogen-bond donors (Lipinski definition) is 4. The summed E-state index contributed by atoms with van der Waals surface area (Å²) in [6.45, 7) is 1.78. The second-order valence-corrected chi connectivity index (χ2v) is 3.78. The fourth-order valence-corrected chi connectivity index (χ4v) is 1.36. The van der Waals surface area contributed by atoms with E-state index in [1.165, 1.54) is 0 Å². The Kier molecular flexibility index (Phi) is 5.71. The van der Waals surface area contributed by atoms with E-state index in [0.29, 0.717) is 0 Å². The molecule has 1 rings (SSSR count). The van der Waals surface area contributed by atoms with Crippen LogP contribution in [-0.2, 0) is 0 Å².